The predicted octanol–water partition coefficient (Wildman–Crippen LogP) is 2.17. The molecule has 3 heterocycles. The van der Waals surface area contributed by atoms with Gasteiger partial charge in [-0.25, -0.2) is 9.78 Å². The number of rotatable bonds is 3. The fourth-order valence-electron chi connectivity index (χ4n) is 2.88. The molecule has 0 aliphatic carbocycles. The molecule has 0 spiro atoms. The van der Waals surface area contributed by atoms with Gasteiger partial charge in [-0.3, -0.25) is 4.90 Å². The van der Waals surface area contributed by atoms with Crippen molar-refractivity contribution >= 4 is 34.0 Å². The summed E-state index contributed by atoms with van der Waals surface area (Å²) in [5, 5.41) is 9.85. The Morgan fingerprint density at radius 3 is 2.74 bits per heavy atom. The Balaban J connectivity index is 1.70. The average Bonchev–Trinajstić information content (AvgIpc) is 3.08. The van der Waals surface area contributed by atoms with Crippen LogP contribution in [0.15, 0.2) is 0 Å². The highest BCUT2D eigenvalue weighted by Crippen LogP contribution is 2.32. The van der Waals surface area contributed by atoms with Crippen LogP contribution in [0.3, 0.4) is 0 Å². The highest BCUT2D eigenvalue weighted by Gasteiger charge is 2.31. The number of aromatic carboxylic acids is 1. The Morgan fingerprint density at radius 2 is 2.11 bits per heavy atom. The van der Waals surface area contributed by atoms with Gasteiger partial charge in [0.25, 0.3) is 0 Å². The van der Waals surface area contributed by atoms with E-state index in [1.165, 1.54) is 37.3 Å². The molecule has 1 aromatic heterocycles. The molecule has 0 saturated carbocycles. The van der Waals surface area contributed by atoms with Crippen LogP contribution in [0.2, 0.25) is 5.15 Å². The predicted molar refractivity (Wildman–Crippen MR) is 75.5 cm³/mol. The first-order valence-corrected chi connectivity index (χ1v) is 7.73. The van der Waals surface area contributed by atoms with Gasteiger partial charge in [-0.1, -0.05) is 22.9 Å². The van der Waals surface area contributed by atoms with E-state index < -0.39 is 5.97 Å². The van der Waals surface area contributed by atoms with Gasteiger partial charge in [0.1, 0.15) is 0 Å². The number of hydrogen-bond donors (Lipinski definition) is 1. The number of aromatic nitrogens is 1. The normalized spacial score (nSPS) is 24.3. The lowest BCUT2D eigenvalue weighted by Crippen LogP contribution is -2.35. The number of hydrogen-bond acceptors (Lipinski definition) is 5. The SMILES string of the molecule is O=C(O)c1sc(N2CCC(N3CCCC3)C2)nc1Cl. The number of carboxylic acid groups (broad SMARTS) is 1. The molecule has 2 fully saturated rings. The standard InChI is InChI=1S/C12H16ClN3O2S/c13-10-9(11(17)18)19-12(14-10)16-6-3-8(7-16)15-4-1-2-5-15/h8H,1-7H2,(H,17,18). The molecule has 0 aromatic carbocycles. The maximum atomic E-state index is 11.0. The van der Waals surface area contributed by atoms with Crippen molar-refractivity contribution < 1.29 is 9.90 Å². The number of anilines is 1. The van der Waals surface area contributed by atoms with E-state index in [2.05, 4.69) is 14.8 Å². The molecule has 3 rings (SSSR count). The fourth-order valence-corrected chi connectivity index (χ4v) is 4.04. The van der Waals surface area contributed by atoms with Gasteiger partial charge in [0.05, 0.1) is 0 Å². The Bertz CT molecular complexity index is 487. The molecule has 2 aliphatic rings. The summed E-state index contributed by atoms with van der Waals surface area (Å²) < 4.78 is 0. The molecular weight excluding hydrogens is 286 g/mol. The highest BCUT2D eigenvalue weighted by molar-refractivity contribution is 7.18. The minimum absolute atomic E-state index is 0.108. The van der Waals surface area contributed by atoms with Crippen molar-refractivity contribution in [2.75, 3.05) is 31.1 Å². The molecule has 5 nitrogen and oxygen atoms in total. The maximum absolute atomic E-state index is 11.0. The summed E-state index contributed by atoms with van der Waals surface area (Å²) in [6.07, 6.45) is 3.71. The van der Waals surface area contributed by atoms with E-state index in [1.54, 1.807) is 0 Å². The minimum Gasteiger partial charge on any atom is -0.477 e. The summed E-state index contributed by atoms with van der Waals surface area (Å²) in [5.74, 6) is -0.996. The second kappa shape index (κ2) is 5.26. The van der Waals surface area contributed by atoms with Crippen LogP contribution in [0.1, 0.15) is 28.9 Å². The van der Waals surface area contributed by atoms with Crippen molar-refractivity contribution in [3.05, 3.63) is 10.0 Å². The fraction of sp³-hybridized carbons (Fsp3) is 0.667. The van der Waals surface area contributed by atoms with Crippen molar-refractivity contribution in [1.29, 1.82) is 0 Å². The van der Waals surface area contributed by atoms with Crippen LogP contribution in [0.4, 0.5) is 5.13 Å². The van der Waals surface area contributed by atoms with Gasteiger partial charge < -0.3 is 10.0 Å². The first-order chi connectivity index (χ1) is 9.15. The van der Waals surface area contributed by atoms with E-state index in [1.807, 2.05) is 0 Å². The maximum Gasteiger partial charge on any atom is 0.349 e. The van der Waals surface area contributed by atoms with Crippen LogP contribution in [-0.2, 0) is 0 Å². The number of likely N-dealkylation sites (tertiary alicyclic amines) is 1. The van der Waals surface area contributed by atoms with E-state index in [4.69, 9.17) is 16.7 Å². The summed E-state index contributed by atoms with van der Waals surface area (Å²) in [5.41, 5.74) is 0. The van der Waals surface area contributed by atoms with Crippen molar-refractivity contribution in [1.82, 2.24) is 9.88 Å². The van der Waals surface area contributed by atoms with Gasteiger partial charge in [-0.2, -0.15) is 0 Å². The first kappa shape index (κ1) is 13.1. The highest BCUT2D eigenvalue weighted by atomic mass is 35.5. The van der Waals surface area contributed by atoms with Crippen molar-refractivity contribution in [2.45, 2.75) is 25.3 Å². The van der Waals surface area contributed by atoms with Crippen LogP contribution in [0, 0.1) is 0 Å². The van der Waals surface area contributed by atoms with Crippen molar-refractivity contribution in [3.8, 4) is 0 Å². The molecule has 7 heteroatoms. The average molecular weight is 302 g/mol. The van der Waals surface area contributed by atoms with E-state index in [0.717, 1.165) is 24.6 Å². The number of halogens is 1. The van der Waals surface area contributed by atoms with Gasteiger partial charge in [-0.15, -0.1) is 0 Å². The third kappa shape index (κ3) is 2.57. The smallest absolute Gasteiger partial charge is 0.349 e. The second-order valence-corrected chi connectivity index (χ2v) is 6.39. The third-order valence-corrected chi connectivity index (χ3v) is 5.35. The summed E-state index contributed by atoms with van der Waals surface area (Å²) in [6.45, 7) is 4.25. The van der Waals surface area contributed by atoms with Crippen LogP contribution >= 0.6 is 22.9 Å². The molecule has 19 heavy (non-hydrogen) atoms. The molecule has 2 aliphatic heterocycles. The Labute approximate surface area is 120 Å². The zero-order valence-electron chi connectivity index (χ0n) is 10.5. The van der Waals surface area contributed by atoms with Crippen molar-refractivity contribution in [3.63, 3.8) is 0 Å². The summed E-state index contributed by atoms with van der Waals surface area (Å²) in [7, 11) is 0. The monoisotopic (exact) mass is 301 g/mol. The lowest BCUT2D eigenvalue weighted by molar-refractivity contribution is 0.0702. The summed E-state index contributed by atoms with van der Waals surface area (Å²) in [6, 6.07) is 0.582. The third-order valence-electron chi connectivity index (χ3n) is 3.86. The quantitative estimate of drug-likeness (QED) is 0.927. The van der Waals surface area contributed by atoms with Gasteiger partial charge in [0.15, 0.2) is 15.2 Å². The molecule has 0 bridgehead atoms. The molecule has 1 atom stereocenters. The Hall–Kier alpha value is -0.850. The lowest BCUT2D eigenvalue weighted by atomic mass is 10.2. The van der Waals surface area contributed by atoms with E-state index in [0.29, 0.717) is 6.04 Å². The van der Waals surface area contributed by atoms with Crippen molar-refractivity contribution in [2.24, 2.45) is 0 Å². The van der Waals surface area contributed by atoms with E-state index in [9.17, 15) is 4.79 Å². The molecule has 1 unspecified atom stereocenters. The molecule has 1 aromatic rings. The molecule has 1 N–H and O–H groups in total. The minimum atomic E-state index is -0.996. The number of nitrogens with zero attached hydrogens (tertiary/aromatic N) is 3. The van der Waals surface area contributed by atoms with E-state index >= 15 is 0 Å². The number of thiazole rings is 1. The second-order valence-electron chi connectivity index (χ2n) is 5.05. The molecule has 0 amide bonds. The summed E-state index contributed by atoms with van der Waals surface area (Å²) in [4.78, 5) is 20.0. The lowest BCUT2D eigenvalue weighted by Gasteiger charge is -2.23. The zero-order chi connectivity index (χ0) is 13.4. The van der Waals surface area contributed by atoms with Crippen LogP contribution in [0.5, 0.6) is 0 Å². The van der Waals surface area contributed by atoms with Crippen LogP contribution in [-0.4, -0.2) is 53.2 Å². The van der Waals surface area contributed by atoms with Gasteiger partial charge in [0, 0.05) is 19.1 Å². The Kier molecular flexibility index (Phi) is 3.64. The molecule has 0 radical (unpaired) electrons. The summed E-state index contributed by atoms with van der Waals surface area (Å²) >= 11 is 7.04. The molecule has 104 valence electrons. The molecule has 2 saturated heterocycles. The van der Waals surface area contributed by atoms with Crippen LogP contribution in [0.25, 0.3) is 0 Å². The zero-order valence-corrected chi connectivity index (χ0v) is 12.1. The number of carbonyl (C=O) groups is 1. The van der Waals surface area contributed by atoms with Gasteiger partial charge >= 0.3 is 5.97 Å². The van der Waals surface area contributed by atoms with Gasteiger partial charge in [-0.05, 0) is 32.4 Å². The van der Waals surface area contributed by atoms with Gasteiger partial charge in [0.2, 0.25) is 0 Å². The largest absolute Gasteiger partial charge is 0.477 e. The topological polar surface area (TPSA) is 56.7 Å². The Morgan fingerprint density at radius 1 is 1.37 bits per heavy atom. The van der Waals surface area contributed by atoms with Crippen LogP contribution < -0.4 is 4.90 Å². The van der Waals surface area contributed by atoms with E-state index in [-0.39, 0.29) is 10.0 Å². The molecular formula is C12H16ClN3O2S. The first-order valence-electron chi connectivity index (χ1n) is 6.54. The number of carboxylic acids is 1.